The van der Waals surface area contributed by atoms with E-state index in [4.69, 9.17) is 19.5 Å². The average Bonchev–Trinajstić information content (AvgIpc) is 2.81. The van der Waals surface area contributed by atoms with Crippen LogP contribution in [0, 0.1) is 0 Å². The molecule has 0 aromatic heterocycles. The number of fused-ring (bicyclic) bond motifs is 1. The zero-order valence-electron chi connectivity index (χ0n) is 18.2. The van der Waals surface area contributed by atoms with E-state index in [0.29, 0.717) is 22.9 Å². The molecule has 0 radical (unpaired) electrons. The van der Waals surface area contributed by atoms with Crippen LogP contribution in [0.1, 0.15) is 13.8 Å². The van der Waals surface area contributed by atoms with Crippen LogP contribution >= 0.6 is 0 Å². The first kappa shape index (κ1) is 20.7. The molecule has 1 aliphatic rings. The minimum Gasteiger partial charge on any atom is -0.449 e. The second kappa shape index (κ2) is 7.54. The predicted octanol–water partition coefficient (Wildman–Crippen LogP) is 2.42. The molecule has 0 spiro atoms. The van der Waals surface area contributed by atoms with Gasteiger partial charge in [-0.1, -0.05) is 0 Å². The molecule has 2 rings (SSSR count). The van der Waals surface area contributed by atoms with Crippen LogP contribution in [0.15, 0.2) is 22.1 Å². The Bertz CT molecular complexity index is 670. The summed E-state index contributed by atoms with van der Waals surface area (Å²) in [5.74, 6) is 2.25. The number of aliphatic imine (C=N–C) groups is 2. The van der Waals surface area contributed by atoms with Crippen LogP contribution in [0.5, 0.6) is 11.5 Å². The highest BCUT2D eigenvalue weighted by molar-refractivity contribution is 5.88. The van der Waals surface area contributed by atoms with Crippen molar-refractivity contribution in [1.82, 2.24) is 19.6 Å². The molecule has 0 bridgehead atoms. The Kier molecular flexibility index (Phi) is 5.77. The second-order valence-corrected chi connectivity index (χ2v) is 7.79. The Hall–Kier alpha value is -2.64. The van der Waals surface area contributed by atoms with Gasteiger partial charge >= 0.3 is 0 Å². The lowest BCUT2D eigenvalue weighted by Crippen LogP contribution is -2.35. The van der Waals surface area contributed by atoms with Gasteiger partial charge in [0.25, 0.3) is 0 Å². The van der Waals surface area contributed by atoms with Crippen LogP contribution in [0.25, 0.3) is 0 Å². The van der Waals surface area contributed by atoms with E-state index >= 15 is 0 Å². The highest BCUT2D eigenvalue weighted by Crippen LogP contribution is 2.46. The molecule has 0 unspecified atom stereocenters. The molecule has 0 amide bonds. The summed E-state index contributed by atoms with van der Waals surface area (Å²) in [5, 5.41) is 0. The summed E-state index contributed by atoms with van der Waals surface area (Å²) in [4.78, 5) is 17.5. The van der Waals surface area contributed by atoms with Gasteiger partial charge in [-0.3, -0.25) is 0 Å². The van der Waals surface area contributed by atoms with Crippen LogP contribution in [0.4, 0.5) is 11.4 Å². The largest absolute Gasteiger partial charge is 0.449 e. The van der Waals surface area contributed by atoms with Crippen molar-refractivity contribution in [2.45, 2.75) is 19.6 Å². The predicted molar refractivity (Wildman–Crippen MR) is 111 cm³/mol. The van der Waals surface area contributed by atoms with Gasteiger partial charge in [0.15, 0.2) is 11.5 Å². The second-order valence-electron chi connectivity index (χ2n) is 7.79. The van der Waals surface area contributed by atoms with Gasteiger partial charge < -0.3 is 29.1 Å². The maximum Gasteiger partial charge on any atom is 0.246 e. The fourth-order valence-corrected chi connectivity index (χ4v) is 2.84. The van der Waals surface area contributed by atoms with Crippen LogP contribution in [0.3, 0.4) is 0 Å². The zero-order valence-corrected chi connectivity index (χ0v) is 18.2. The van der Waals surface area contributed by atoms with Crippen molar-refractivity contribution in [2.24, 2.45) is 9.98 Å². The fraction of sp³-hybridized carbons (Fsp3) is 0.579. The number of hydrogen-bond acceptors (Lipinski definition) is 4. The Balaban J connectivity index is 2.67. The lowest BCUT2D eigenvalue weighted by molar-refractivity contribution is -0.0431. The summed E-state index contributed by atoms with van der Waals surface area (Å²) in [5.41, 5.74) is 1.43. The summed E-state index contributed by atoms with van der Waals surface area (Å²) in [6, 6.07) is 3.78. The first-order valence-corrected chi connectivity index (χ1v) is 8.84. The van der Waals surface area contributed by atoms with Crippen LogP contribution in [0.2, 0.25) is 0 Å². The van der Waals surface area contributed by atoms with E-state index in [1.807, 2.05) is 102 Å². The summed E-state index contributed by atoms with van der Waals surface area (Å²) >= 11 is 0. The van der Waals surface area contributed by atoms with Crippen molar-refractivity contribution < 1.29 is 9.47 Å². The molecule has 0 N–H and O–H groups in total. The van der Waals surface area contributed by atoms with Gasteiger partial charge in [0.05, 0.1) is 11.4 Å². The molecule has 8 heteroatoms. The molecular formula is C19H32N6O2. The van der Waals surface area contributed by atoms with E-state index in [1.165, 1.54) is 0 Å². The number of ether oxygens (including phenoxy) is 2. The lowest BCUT2D eigenvalue weighted by atomic mass is 10.2. The first-order valence-electron chi connectivity index (χ1n) is 8.84. The molecule has 150 valence electrons. The topological polar surface area (TPSA) is 56.1 Å². The van der Waals surface area contributed by atoms with Crippen molar-refractivity contribution in [2.75, 3.05) is 56.4 Å². The number of hydrogen-bond donors (Lipinski definition) is 0. The highest BCUT2D eigenvalue weighted by atomic mass is 16.7. The van der Waals surface area contributed by atoms with Gasteiger partial charge in [-0.25, -0.2) is 9.98 Å². The highest BCUT2D eigenvalue weighted by Gasteiger charge is 2.33. The molecule has 0 saturated heterocycles. The Morgan fingerprint density at radius 1 is 0.667 bits per heavy atom. The Morgan fingerprint density at radius 3 is 1.22 bits per heavy atom. The van der Waals surface area contributed by atoms with Crippen molar-refractivity contribution >= 4 is 23.3 Å². The molecule has 1 aromatic carbocycles. The molecule has 1 heterocycles. The maximum atomic E-state index is 5.90. The summed E-state index contributed by atoms with van der Waals surface area (Å²) in [6.45, 7) is 3.77. The van der Waals surface area contributed by atoms with E-state index in [-0.39, 0.29) is 0 Å². The Morgan fingerprint density at radius 2 is 0.963 bits per heavy atom. The van der Waals surface area contributed by atoms with E-state index in [1.54, 1.807) is 0 Å². The van der Waals surface area contributed by atoms with Gasteiger partial charge in [0, 0.05) is 82.4 Å². The summed E-state index contributed by atoms with van der Waals surface area (Å²) in [6.07, 6.45) is 0. The third-order valence-corrected chi connectivity index (χ3v) is 3.79. The molecule has 1 aromatic rings. The molecule has 27 heavy (non-hydrogen) atoms. The minimum atomic E-state index is -0.705. The molecule has 0 fully saturated rings. The number of nitrogens with zero attached hydrogens (tertiary/aromatic N) is 6. The van der Waals surface area contributed by atoms with Crippen molar-refractivity contribution in [1.29, 1.82) is 0 Å². The van der Waals surface area contributed by atoms with Gasteiger partial charge in [-0.05, 0) is 0 Å². The minimum absolute atomic E-state index is 0.672. The molecule has 0 aliphatic carbocycles. The Labute approximate surface area is 162 Å². The van der Waals surface area contributed by atoms with E-state index in [2.05, 4.69) is 0 Å². The monoisotopic (exact) mass is 376 g/mol. The third-order valence-electron chi connectivity index (χ3n) is 3.79. The summed E-state index contributed by atoms with van der Waals surface area (Å²) in [7, 11) is 15.7. The van der Waals surface area contributed by atoms with Gasteiger partial charge in [-0.15, -0.1) is 0 Å². The number of guanidine groups is 2. The van der Waals surface area contributed by atoms with Crippen LogP contribution in [-0.2, 0) is 0 Å². The smallest absolute Gasteiger partial charge is 0.246 e. The normalized spacial score (nSPS) is 13.7. The number of rotatable bonds is 2. The molecule has 0 saturated carbocycles. The van der Waals surface area contributed by atoms with E-state index < -0.39 is 5.79 Å². The molecule has 8 nitrogen and oxygen atoms in total. The average molecular weight is 377 g/mol. The van der Waals surface area contributed by atoms with Crippen LogP contribution < -0.4 is 9.47 Å². The summed E-state index contributed by atoms with van der Waals surface area (Å²) < 4.78 is 11.8. The first-order chi connectivity index (χ1) is 12.4. The number of benzene rings is 1. The SMILES string of the molecule is CN(C)C(=Nc1cc2c(cc1N=C(N(C)C)N(C)C)OC(C)(C)O2)N(C)C. The lowest BCUT2D eigenvalue weighted by Gasteiger charge is -2.24. The molecular weight excluding hydrogens is 344 g/mol. The molecule has 0 atom stereocenters. The fourth-order valence-electron chi connectivity index (χ4n) is 2.84. The van der Waals surface area contributed by atoms with Crippen LogP contribution in [-0.4, -0.2) is 93.7 Å². The maximum absolute atomic E-state index is 5.90. The van der Waals surface area contributed by atoms with E-state index in [0.717, 1.165) is 11.9 Å². The van der Waals surface area contributed by atoms with Gasteiger partial charge in [0.2, 0.25) is 17.7 Å². The third kappa shape index (κ3) is 4.75. The van der Waals surface area contributed by atoms with Gasteiger partial charge in [-0.2, -0.15) is 0 Å². The van der Waals surface area contributed by atoms with Crippen molar-refractivity contribution in [3.05, 3.63) is 12.1 Å². The standard InChI is InChI=1S/C19H32N6O2/c1-19(2)26-15-11-13(20-17(22(3)4)23(5)6)14(12-16(15)27-19)21-18(24(7)8)25(9)10/h11-12H,1-10H3. The quantitative estimate of drug-likeness (QED) is 0.584. The van der Waals surface area contributed by atoms with Crippen molar-refractivity contribution in [3.8, 4) is 11.5 Å². The van der Waals surface area contributed by atoms with Crippen molar-refractivity contribution in [3.63, 3.8) is 0 Å². The molecule has 1 aliphatic heterocycles. The zero-order chi connectivity index (χ0) is 20.5. The van der Waals surface area contributed by atoms with E-state index in [9.17, 15) is 0 Å². The van der Waals surface area contributed by atoms with Gasteiger partial charge in [0.1, 0.15) is 0 Å².